The zero-order valence-corrected chi connectivity index (χ0v) is 14.8. The maximum Gasteiger partial charge on any atom is 0.310 e. The van der Waals surface area contributed by atoms with Crippen molar-refractivity contribution in [1.29, 1.82) is 0 Å². The van der Waals surface area contributed by atoms with Crippen LogP contribution in [0.1, 0.15) is 37.7 Å². The second kappa shape index (κ2) is 7.54. The van der Waals surface area contributed by atoms with Crippen LogP contribution in [0.25, 0.3) is 0 Å². The molecular weight excluding hydrogens is 314 g/mol. The van der Waals surface area contributed by atoms with Crippen molar-refractivity contribution in [2.45, 2.75) is 44.2 Å². The fourth-order valence-corrected chi connectivity index (χ4v) is 4.24. The third-order valence-corrected chi connectivity index (χ3v) is 5.36. The second-order valence-electron chi connectivity index (χ2n) is 6.36. The number of fused-ring (bicyclic) bond motifs is 2. The summed E-state index contributed by atoms with van der Waals surface area (Å²) in [7, 11) is 3.64. The first kappa shape index (κ1) is 18.1. The molecule has 0 aromatic heterocycles. The van der Waals surface area contributed by atoms with E-state index in [1.54, 1.807) is 0 Å². The zero-order chi connectivity index (χ0) is 15.7. The number of halogens is 1. The Morgan fingerprint density at radius 2 is 1.96 bits per heavy atom. The highest BCUT2D eigenvalue weighted by molar-refractivity contribution is 5.85. The molecule has 4 nitrogen and oxygen atoms in total. The predicted octanol–water partition coefficient (Wildman–Crippen LogP) is 3.25. The molecule has 2 heterocycles. The molecule has 0 N–H and O–H groups in total. The summed E-state index contributed by atoms with van der Waals surface area (Å²) in [6, 6.07) is 9.12. The quantitative estimate of drug-likeness (QED) is 0.789. The number of ether oxygens (including phenoxy) is 2. The van der Waals surface area contributed by atoms with Crippen LogP contribution in [-0.2, 0) is 9.53 Å². The van der Waals surface area contributed by atoms with Gasteiger partial charge in [0.1, 0.15) is 5.75 Å². The molecule has 2 bridgehead atoms. The predicted molar refractivity (Wildman–Crippen MR) is 92.3 cm³/mol. The Kier molecular flexibility index (Phi) is 5.93. The van der Waals surface area contributed by atoms with E-state index < -0.39 is 0 Å². The summed E-state index contributed by atoms with van der Waals surface area (Å²) in [5.74, 6) is 0.997. The van der Waals surface area contributed by atoms with Crippen molar-refractivity contribution in [3.63, 3.8) is 0 Å². The minimum absolute atomic E-state index is 0. The summed E-state index contributed by atoms with van der Waals surface area (Å²) < 4.78 is 10.6. The zero-order valence-electron chi connectivity index (χ0n) is 14.0. The molecule has 1 aromatic carbocycles. The molecule has 0 aliphatic carbocycles. The van der Waals surface area contributed by atoms with Crippen LogP contribution >= 0.6 is 12.4 Å². The SMILES string of the molecule is CCOc1ccc([C@H]2C[C@H]3CC[C@H]([C@H]2C(=O)OC)N3C)cc1.Cl. The number of benzene rings is 1. The Labute approximate surface area is 144 Å². The number of hydrogen-bond donors (Lipinski definition) is 0. The van der Waals surface area contributed by atoms with E-state index in [9.17, 15) is 4.79 Å². The fraction of sp³-hybridized carbons (Fsp3) is 0.611. The van der Waals surface area contributed by atoms with Crippen molar-refractivity contribution in [3.05, 3.63) is 29.8 Å². The van der Waals surface area contributed by atoms with Crippen molar-refractivity contribution in [2.75, 3.05) is 20.8 Å². The maximum absolute atomic E-state index is 12.4. The molecular formula is C18H26ClNO3. The third-order valence-electron chi connectivity index (χ3n) is 5.36. The Balaban J connectivity index is 0.00000192. The van der Waals surface area contributed by atoms with Crippen LogP contribution in [-0.4, -0.2) is 43.7 Å². The van der Waals surface area contributed by atoms with Crippen LogP contribution in [0.2, 0.25) is 0 Å². The third kappa shape index (κ3) is 3.33. The second-order valence-corrected chi connectivity index (χ2v) is 6.36. The number of rotatable bonds is 4. The van der Waals surface area contributed by atoms with Gasteiger partial charge in [0, 0.05) is 18.0 Å². The number of hydrogen-bond acceptors (Lipinski definition) is 4. The molecule has 2 aliphatic heterocycles. The summed E-state index contributed by atoms with van der Waals surface area (Å²) in [5.41, 5.74) is 1.23. The van der Waals surface area contributed by atoms with E-state index in [2.05, 4.69) is 24.1 Å². The molecule has 2 aliphatic rings. The Hall–Kier alpha value is -1.26. The van der Waals surface area contributed by atoms with E-state index in [0.717, 1.165) is 18.6 Å². The van der Waals surface area contributed by atoms with Crippen molar-refractivity contribution >= 4 is 18.4 Å². The van der Waals surface area contributed by atoms with Gasteiger partial charge in [-0.25, -0.2) is 0 Å². The summed E-state index contributed by atoms with van der Waals surface area (Å²) in [5, 5.41) is 0. The Morgan fingerprint density at radius 1 is 1.26 bits per heavy atom. The number of methoxy groups -OCH3 is 1. The number of piperidine rings is 1. The van der Waals surface area contributed by atoms with Gasteiger partial charge in [0.15, 0.2) is 0 Å². The molecule has 0 unspecified atom stereocenters. The van der Waals surface area contributed by atoms with Gasteiger partial charge >= 0.3 is 5.97 Å². The van der Waals surface area contributed by atoms with Crippen LogP contribution in [0.4, 0.5) is 0 Å². The van der Waals surface area contributed by atoms with Crippen molar-refractivity contribution in [1.82, 2.24) is 4.90 Å². The standard InChI is InChI=1S/C18H25NO3.ClH/c1-4-22-14-8-5-12(6-9-14)15-11-13-7-10-16(19(13)2)17(15)18(20)21-3;/h5-6,8-9,13,15-17H,4,7,10-11H2,1-3H3;1H/t13-,15-,16-,17+;/m1./s1. The molecule has 128 valence electrons. The first-order valence-electron chi connectivity index (χ1n) is 8.18. The topological polar surface area (TPSA) is 38.8 Å². The lowest BCUT2D eigenvalue weighted by atomic mass is 9.76. The highest BCUT2D eigenvalue weighted by Gasteiger charge is 2.49. The number of carbonyl (C=O) groups is 1. The van der Waals surface area contributed by atoms with Gasteiger partial charge in [-0.2, -0.15) is 0 Å². The highest BCUT2D eigenvalue weighted by Crippen LogP contribution is 2.46. The molecule has 0 radical (unpaired) electrons. The molecule has 2 fully saturated rings. The molecule has 0 spiro atoms. The molecule has 23 heavy (non-hydrogen) atoms. The first-order chi connectivity index (χ1) is 10.7. The summed E-state index contributed by atoms with van der Waals surface area (Å²) in [4.78, 5) is 14.8. The normalized spacial score (nSPS) is 29.7. The first-order valence-corrected chi connectivity index (χ1v) is 8.18. The maximum atomic E-state index is 12.4. The monoisotopic (exact) mass is 339 g/mol. The van der Waals surface area contributed by atoms with Gasteiger partial charge in [-0.3, -0.25) is 9.69 Å². The van der Waals surface area contributed by atoms with E-state index >= 15 is 0 Å². The smallest absolute Gasteiger partial charge is 0.310 e. The van der Waals surface area contributed by atoms with Gasteiger partial charge in [0.25, 0.3) is 0 Å². The van der Waals surface area contributed by atoms with E-state index in [4.69, 9.17) is 9.47 Å². The van der Waals surface area contributed by atoms with E-state index in [0.29, 0.717) is 18.7 Å². The average molecular weight is 340 g/mol. The molecule has 0 saturated carbocycles. The van der Waals surface area contributed by atoms with Crippen LogP contribution in [0, 0.1) is 5.92 Å². The van der Waals surface area contributed by atoms with Crippen LogP contribution in [0.15, 0.2) is 24.3 Å². The van der Waals surface area contributed by atoms with E-state index in [-0.39, 0.29) is 30.2 Å². The lowest BCUT2D eigenvalue weighted by Crippen LogP contribution is -2.49. The largest absolute Gasteiger partial charge is 0.494 e. The molecule has 4 atom stereocenters. The molecule has 3 rings (SSSR count). The van der Waals surface area contributed by atoms with Gasteiger partial charge in [0.2, 0.25) is 0 Å². The van der Waals surface area contributed by atoms with E-state index in [1.807, 2.05) is 19.1 Å². The molecule has 1 aromatic rings. The van der Waals surface area contributed by atoms with Crippen LogP contribution < -0.4 is 4.74 Å². The fourth-order valence-electron chi connectivity index (χ4n) is 4.24. The Bertz CT molecular complexity index is 534. The Morgan fingerprint density at radius 3 is 2.57 bits per heavy atom. The summed E-state index contributed by atoms with van der Waals surface area (Å²) in [6.07, 6.45) is 3.30. The van der Waals surface area contributed by atoms with Gasteiger partial charge in [-0.1, -0.05) is 12.1 Å². The molecule has 5 heteroatoms. The van der Waals surface area contributed by atoms with E-state index in [1.165, 1.54) is 19.1 Å². The summed E-state index contributed by atoms with van der Waals surface area (Å²) in [6.45, 7) is 2.65. The van der Waals surface area contributed by atoms with Gasteiger partial charge in [0.05, 0.1) is 19.6 Å². The van der Waals surface area contributed by atoms with Crippen molar-refractivity contribution in [2.24, 2.45) is 5.92 Å². The van der Waals surface area contributed by atoms with Crippen LogP contribution in [0.5, 0.6) is 5.75 Å². The lowest BCUT2D eigenvalue weighted by molar-refractivity contribution is -0.150. The summed E-state index contributed by atoms with van der Waals surface area (Å²) >= 11 is 0. The van der Waals surface area contributed by atoms with Crippen LogP contribution in [0.3, 0.4) is 0 Å². The number of nitrogens with zero attached hydrogens (tertiary/aromatic N) is 1. The minimum Gasteiger partial charge on any atom is -0.494 e. The molecule has 2 saturated heterocycles. The van der Waals surface area contributed by atoms with Gasteiger partial charge < -0.3 is 9.47 Å². The molecule has 0 amide bonds. The average Bonchev–Trinajstić information content (AvgIpc) is 2.77. The lowest BCUT2D eigenvalue weighted by Gasteiger charge is -2.41. The number of esters is 1. The minimum atomic E-state index is -0.0731. The van der Waals surface area contributed by atoms with Crippen molar-refractivity contribution < 1.29 is 14.3 Å². The highest BCUT2D eigenvalue weighted by atomic mass is 35.5. The van der Waals surface area contributed by atoms with Gasteiger partial charge in [-0.15, -0.1) is 12.4 Å². The van der Waals surface area contributed by atoms with Crippen molar-refractivity contribution in [3.8, 4) is 5.75 Å². The van der Waals surface area contributed by atoms with Gasteiger partial charge in [-0.05, 0) is 50.9 Å². The number of carbonyl (C=O) groups excluding carboxylic acids is 1.